The van der Waals surface area contributed by atoms with Gasteiger partial charge in [-0.3, -0.25) is 9.11 Å². The molecule has 2 rings (SSSR count). The molecule has 0 atom stereocenters. The highest BCUT2D eigenvalue weighted by Crippen LogP contribution is 2.39. The lowest BCUT2D eigenvalue weighted by Gasteiger charge is -2.09. The Morgan fingerprint density at radius 2 is 1.45 bits per heavy atom. The van der Waals surface area contributed by atoms with Crippen LogP contribution in [0.15, 0.2) is 34.1 Å². The monoisotopic (exact) mass is 320 g/mol. The van der Waals surface area contributed by atoms with Crippen LogP contribution in [0.4, 0.5) is 0 Å². The lowest BCUT2D eigenvalue weighted by atomic mass is 10.1. The summed E-state index contributed by atoms with van der Waals surface area (Å²) in [5, 5.41) is 18.6. The van der Waals surface area contributed by atoms with Gasteiger partial charge in [0, 0.05) is 5.39 Å². The maximum absolute atomic E-state index is 11.2. The molecule has 20 heavy (non-hydrogen) atoms. The van der Waals surface area contributed by atoms with Crippen molar-refractivity contribution in [2.24, 2.45) is 0 Å². The number of aromatic hydroxyl groups is 2. The van der Waals surface area contributed by atoms with Gasteiger partial charge in [0.15, 0.2) is 11.5 Å². The normalized spacial score (nSPS) is 12.7. The van der Waals surface area contributed by atoms with Gasteiger partial charge in [0.05, 0.1) is 4.90 Å². The van der Waals surface area contributed by atoms with Gasteiger partial charge in [-0.1, -0.05) is 6.07 Å². The van der Waals surface area contributed by atoms with Crippen molar-refractivity contribution in [1.82, 2.24) is 0 Å². The number of benzene rings is 2. The van der Waals surface area contributed by atoms with Crippen LogP contribution in [0.5, 0.6) is 11.5 Å². The van der Waals surface area contributed by atoms with Gasteiger partial charge in [-0.25, -0.2) is 0 Å². The first-order valence-electron chi connectivity index (χ1n) is 4.95. The fourth-order valence-corrected chi connectivity index (χ4v) is 3.08. The smallest absolute Gasteiger partial charge is 0.298 e. The average molecular weight is 320 g/mol. The van der Waals surface area contributed by atoms with Gasteiger partial charge < -0.3 is 10.2 Å². The SMILES string of the molecule is O=S(=O)(O)c1ccc2c(S(=O)(=O)O)c(O)c(O)cc2c1. The number of hydrogen-bond acceptors (Lipinski definition) is 6. The van der Waals surface area contributed by atoms with Crippen LogP contribution in [0.3, 0.4) is 0 Å². The molecule has 0 heterocycles. The fraction of sp³-hybridized carbons (Fsp3) is 0. The molecule has 0 bridgehead atoms. The summed E-state index contributed by atoms with van der Waals surface area (Å²) in [5.41, 5.74) is 0. The topological polar surface area (TPSA) is 149 Å². The third-order valence-corrected chi connectivity index (χ3v) is 4.35. The van der Waals surface area contributed by atoms with E-state index in [9.17, 15) is 27.0 Å². The molecule has 0 aromatic heterocycles. The Balaban J connectivity index is 2.99. The Morgan fingerprint density at radius 1 is 0.850 bits per heavy atom. The van der Waals surface area contributed by atoms with Crippen LogP contribution in [0.25, 0.3) is 10.8 Å². The maximum Gasteiger partial charge on any atom is 0.298 e. The Labute approximate surface area is 113 Å². The van der Waals surface area contributed by atoms with E-state index in [1.807, 2.05) is 0 Å². The second kappa shape index (κ2) is 4.31. The predicted octanol–water partition coefficient (Wildman–Crippen LogP) is 0.744. The van der Waals surface area contributed by atoms with Gasteiger partial charge in [-0.15, -0.1) is 0 Å². The standard InChI is InChI=1S/C10H8O8S2/c11-8-4-5-3-6(19(13,14)15)1-2-7(5)10(9(8)12)20(16,17)18/h1-4,11-12H,(H,13,14,15)(H,16,17,18). The minimum atomic E-state index is -4.85. The summed E-state index contributed by atoms with van der Waals surface area (Å²) in [6.07, 6.45) is 0. The molecule has 2 aromatic carbocycles. The zero-order valence-corrected chi connectivity index (χ0v) is 11.2. The van der Waals surface area contributed by atoms with E-state index in [0.717, 1.165) is 24.3 Å². The lowest BCUT2D eigenvalue weighted by Crippen LogP contribution is -2.02. The van der Waals surface area contributed by atoms with E-state index < -0.39 is 41.5 Å². The van der Waals surface area contributed by atoms with Crippen molar-refractivity contribution in [2.45, 2.75) is 9.79 Å². The van der Waals surface area contributed by atoms with E-state index in [4.69, 9.17) is 9.11 Å². The second-order valence-electron chi connectivity index (χ2n) is 3.91. The summed E-state index contributed by atoms with van der Waals surface area (Å²) in [6.45, 7) is 0. The van der Waals surface area contributed by atoms with Crippen molar-refractivity contribution in [2.75, 3.05) is 0 Å². The highest BCUT2D eigenvalue weighted by Gasteiger charge is 2.23. The zero-order chi connectivity index (χ0) is 15.3. The summed E-state index contributed by atoms with van der Waals surface area (Å²) in [7, 11) is -9.37. The van der Waals surface area contributed by atoms with Crippen LogP contribution in [0, 0.1) is 0 Å². The molecule has 0 amide bonds. The predicted molar refractivity (Wildman–Crippen MR) is 66.9 cm³/mol. The van der Waals surface area contributed by atoms with E-state index in [2.05, 4.69) is 0 Å². The first-order chi connectivity index (χ1) is 9.01. The van der Waals surface area contributed by atoms with Crippen LogP contribution >= 0.6 is 0 Å². The molecule has 0 aliphatic heterocycles. The van der Waals surface area contributed by atoms with E-state index in [1.165, 1.54) is 0 Å². The average Bonchev–Trinajstić information content (AvgIpc) is 2.27. The van der Waals surface area contributed by atoms with Gasteiger partial charge in [0.1, 0.15) is 4.90 Å². The third kappa shape index (κ3) is 2.41. The Morgan fingerprint density at radius 3 is 1.95 bits per heavy atom. The Hall–Kier alpha value is -1.88. The number of fused-ring (bicyclic) bond motifs is 1. The van der Waals surface area contributed by atoms with Crippen LogP contribution in [0.1, 0.15) is 0 Å². The number of phenols is 2. The van der Waals surface area contributed by atoms with Crippen LogP contribution in [-0.2, 0) is 20.2 Å². The number of rotatable bonds is 2. The number of hydrogen-bond donors (Lipinski definition) is 4. The molecule has 0 spiro atoms. The summed E-state index contributed by atoms with van der Waals surface area (Å²) in [5.74, 6) is -1.92. The fourth-order valence-electron chi connectivity index (χ4n) is 1.75. The number of phenolic OH excluding ortho intramolecular Hbond substituents is 2. The van der Waals surface area contributed by atoms with Crippen LogP contribution in [-0.4, -0.2) is 36.2 Å². The lowest BCUT2D eigenvalue weighted by molar-refractivity contribution is 0.391. The maximum atomic E-state index is 11.2. The van der Waals surface area contributed by atoms with Crippen molar-refractivity contribution in [3.05, 3.63) is 24.3 Å². The summed E-state index contributed by atoms with van der Waals surface area (Å²) >= 11 is 0. The molecule has 0 unspecified atom stereocenters. The summed E-state index contributed by atoms with van der Waals surface area (Å²) in [4.78, 5) is -1.48. The Bertz CT molecular complexity index is 912. The minimum Gasteiger partial charge on any atom is -0.504 e. The third-order valence-electron chi connectivity index (χ3n) is 2.57. The molecule has 4 N–H and O–H groups in total. The molecule has 2 aromatic rings. The van der Waals surface area contributed by atoms with Crippen LogP contribution < -0.4 is 0 Å². The minimum absolute atomic E-state index is 0.108. The van der Waals surface area contributed by atoms with Crippen molar-refractivity contribution >= 4 is 31.0 Å². The van der Waals surface area contributed by atoms with Gasteiger partial charge in [0.25, 0.3) is 20.2 Å². The molecule has 0 saturated carbocycles. The molecule has 0 aliphatic carbocycles. The van der Waals surface area contributed by atoms with Gasteiger partial charge >= 0.3 is 0 Å². The molecular formula is C10H8O8S2. The molecule has 8 nitrogen and oxygen atoms in total. The van der Waals surface area contributed by atoms with Gasteiger partial charge in [-0.05, 0) is 23.6 Å². The van der Waals surface area contributed by atoms with Crippen molar-refractivity contribution in [3.63, 3.8) is 0 Å². The van der Waals surface area contributed by atoms with Gasteiger partial charge in [0.2, 0.25) is 0 Å². The van der Waals surface area contributed by atoms with Crippen molar-refractivity contribution in [1.29, 1.82) is 0 Å². The van der Waals surface area contributed by atoms with Crippen molar-refractivity contribution in [3.8, 4) is 11.5 Å². The molecule has 108 valence electrons. The molecule has 10 heteroatoms. The summed E-state index contributed by atoms with van der Waals surface area (Å²) in [6, 6.07) is 3.65. The largest absolute Gasteiger partial charge is 0.504 e. The molecule has 0 radical (unpaired) electrons. The molecule has 0 aliphatic rings. The Kier molecular flexibility index (Phi) is 3.13. The highest BCUT2D eigenvalue weighted by atomic mass is 32.2. The molecule has 0 saturated heterocycles. The first-order valence-corrected chi connectivity index (χ1v) is 7.83. The molecular weight excluding hydrogens is 312 g/mol. The van der Waals surface area contributed by atoms with E-state index >= 15 is 0 Å². The van der Waals surface area contributed by atoms with E-state index in [-0.39, 0.29) is 10.8 Å². The van der Waals surface area contributed by atoms with Crippen LogP contribution in [0.2, 0.25) is 0 Å². The quantitative estimate of drug-likeness (QED) is 0.467. The second-order valence-corrected chi connectivity index (χ2v) is 6.69. The molecule has 0 fully saturated rings. The van der Waals surface area contributed by atoms with E-state index in [0.29, 0.717) is 0 Å². The zero-order valence-electron chi connectivity index (χ0n) is 9.55. The van der Waals surface area contributed by atoms with E-state index in [1.54, 1.807) is 0 Å². The van der Waals surface area contributed by atoms with Crippen molar-refractivity contribution < 1.29 is 36.2 Å². The first kappa shape index (κ1) is 14.5. The summed E-state index contributed by atoms with van der Waals surface area (Å²) < 4.78 is 62.4. The van der Waals surface area contributed by atoms with Gasteiger partial charge in [-0.2, -0.15) is 16.8 Å². The highest BCUT2D eigenvalue weighted by molar-refractivity contribution is 7.86.